The number of carbonyl (C=O) groups is 1. The number of hydrogen-bond acceptors (Lipinski definition) is 8. The summed E-state index contributed by atoms with van der Waals surface area (Å²) in [5, 5.41) is 21.0. The second kappa shape index (κ2) is 10.6. The first-order valence-electron chi connectivity index (χ1n) is 9.67. The molecule has 1 aromatic heterocycles. The van der Waals surface area contributed by atoms with Gasteiger partial charge in [-0.05, 0) is 38.8 Å². The molecule has 0 aliphatic carbocycles. The van der Waals surface area contributed by atoms with Crippen LogP contribution in [-0.4, -0.2) is 47.2 Å². The van der Waals surface area contributed by atoms with Crippen molar-refractivity contribution in [2.45, 2.75) is 48.8 Å². The van der Waals surface area contributed by atoms with E-state index in [4.69, 9.17) is 10.00 Å². The average Bonchev–Trinajstić information content (AvgIpc) is 3.39. The highest BCUT2D eigenvalue weighted by Crippen LogP contribution is 2.31. The number of benzene rings is 1. The van der Waals surface area contributed by atoms with Crippen molar-refractivity contribution in [2.24, 2.45) is 0 Å². The molecule has 7 nitrogen and oxygen atoms in total. The molecule has 2 heterocycles. The van der Waals surface area contributed by atoms with Crippen LogP contribution in [-0.2, 0) is 9.53 Å². The third kappa shape index (κ3) is 6.16. The Morgan fingerprint density at radius 1 is 1.45 bits per heavy atom. The van der Waals surface area contributed by atoms with E-state index in [1.807, 2.05) is 38.1 Å². The normalized spacial score (nSPS) is 16.9. The van der Waals surface area contributed by atoms with Gasteiger partial charge in [0.2, 0.25) is 11.0 Å². The number of ether oxygens (including phenoxy) is 1. The maximum Gasteiger partial charge on any atom is 0.240 e. The van der Waals surface area contributed by atoms with E-state index in [9.17, 15) is 4.79 Å². The van der Waals surface area contributed by atoms with Gasteiger partial charge in [0.15, 0.2) is 4.34 Å². The quantitative estimate of drug-likeness (QED) is 0.603. The van der Waals surface area contributed by atoms with Gasteiger partial charge in [0, 0.05) is 25.4 Å². The van der Waals surface area contributed by atoms with Crippen LogP contribution in [0.25, 0.3) is 0 Å². The van der Waals surface area contributed by atoms with Crippen LogP contribution >= 0.6 is 23.1 Å². The predicted octanol–water partition coefficient (Wildman–Crippen LogP) is 3.86. The summed E-state index contributed by atoms with van der Waals surface area (Å²) in [5.41, 5.74) is 1.93. The number of nitriles is 1. The van der Waals surface area contributed by atoms with Crippen molar-refractivity contribution in [1.82, 2.24) is 10.2 Å². The Bertz CT molecular complexity index is 843. The number of amides is 1. The van der Waals surface area contributed by atoms with Crippen molar-refractivity contribution in [3.8, 4) is 6.07 Å². The molecule has 0 bridgehead atoms. The standard InChI is InChI=1S/C20H25N5O2S2/c1-14-6-8-16(9-7-14)25(11-4-10-21)18(26)15(2)28-20-24-23-19(29-20)22-13-17-5-3-12-27-17/h6-9,15,17H,3-5,11-13H2,1-2H3,(H,22,23). The average molecular weight is 432 g/mol. The van der Waals surface area contributed by atoms with Crippen LogP contribution in [0.1, 0.15) is 31.7 Å². The molecule has 3 rings (SSSR count). The Hall–Kier alpha value is -2.15. The number of aromatic nitrogens is 2. The maximum atomic E-state index is 13.1. The minimum absolute atomic E-state index is 0.0434. The Labute approximate surface area is 179 Å². The monoisotopic (exact) mass is 431 g/mol. The first kappa shape index (κ1) is 21.6. The summed E-state index contributed by atoms with van der Waals surface area (Å²) < 4.78 is 6.34. The molecule has 154 valence electrons. The topological polar surface area (TPSA) is 91.1 Å². The number of nitrogens with one attached hydrogen (secondary N) is 1. The molecule has 1 aliphatic heterocycles. The van der Waals surface area contributed by atoms with Gasteiger partial charge in [-0.25, -0.2) is 0 Å². The lowest BCUT2D eigenvalue weighted by Crippen LogP contribution is -2.37. The highest BCUT2D eigenvalue weighted by Gasteiger charge is 2.24. The van der Waals surface area contributed by atoms with Crippen molar-refractivity contribution in [2.75, 3.05) is 29.9 Å². The fraction of sp³-hybridized carbons (Fsp3) is 0.500. The van der Waals surface area contributed by atoms with Gasteiger partial charge in [0.25, 0.3) is 0 Å². The smallest absolute Gasteiger partial charge is 0.240 e. The number of anilines is 2. The number of thioether (sulfide) groups is 1. The van der Waals surface area contributed by atoms with Gasteiger partial charge in [-0.15, -0.1) is 10.2 Å². The molecule has 1 N–H and O–H groups in total. The van der Waals surface area contributed by atoms with Gasteiger partial charge < -0.3 is 15.0 Å². The highest BCUT2D eigenvalue weighted by molar-refractivity contribution is 8.02. The molecule has 2 aromatic rings. The third-order valence-electron chi connectivity index (χ3n) is 4.60. The zero-order valence-corrected chi connectivity index (χ0v) is 18.3. The number of nitrogens with zero attached hydrogens (tertiary/aromatic N) is 4. The Morgan fingerprint density at radius 3 is 2.93 bits per heavy atom. The molecule has 1 aliphatic rings. The molecular weight excluding hydrogens is 406 g/mol. The summed E-state index contributed by atoms with van der Waals surface area (Å²) in [6.45, 7) is 5.79. The zero-order chi connectivity index (χ0) is 20.6. The minimum Gasteiger partial charge on any atom is -0.376 e. The molecule has 0 radical (unpaired) electrons. The lowest BCUT2D eigenvalue weighted by molar-refractivity contribution is -0.117. The molecule has 2 atom stereocenters. The number of aryl methyl sites for hydroxylation is 1. The van der Waals surface area contributed by atoms with E-state index < -0.39 is 0 Å². The van der Waals surface area contributed by atoms with Gasteiger partial charge in [-0.2, -0.15) is 5.26 Å². The molecule has 0 saturated carbocycles. The van der Waals surface area contributed by atoms with Gasteiger partial charge >= 0.3 is 0 Å². The molecule has 0 spiro atoms. The number of carbonyl (C=O) groups excluding carboxylic acids is 1. The molecule has 1 amide bonds. The first-order chi connectivity index (χ1) is 14.1. The summed E-state index contributed by atoms with van der Waals surface area (Å²) in [7, 11) is 0. The van der Waals surface area contributed by atoms with Gasteiger partial charge in [0.05, 0.1) is 23.8 Å². The van der Waals surface area contributed by atoms with Crippen molar-refractivity contribution in [3.63, 3.8) is 0 Å². The van der Waals surface area contributed by atoms with Crippen LogP contribution in [0.4, 0.5) is 10.8 Å². The van der Waals surface area contributed by atoms with Gasteiger partial charge in [-0.3, -0.25) is 4.79 Å². The minimum atomic E-state index is -0.339. The van der Waals surface area contributed by atoms with Crippen molar-refractivity contribution in [1.29, 1.82) is 5.26 Å². The number of rotatable bonds is 9. The molecule has 1 aromatic carbocycles. The van der Waals surface area contributed by atoms with E-state index in [2.05, 4.69) is 21.6 Å². The summed E-state index contributed by atoms with van der Waals surface area (Å²) in [4.78, 5) is 14.7. The molecule has 29 heavy (non-hydrogen) atoms. The second-order valence-electron chi connectivity index (χ2n) is 6.88. The Balaban J connectivity index is 1.60. The molecule has 9 heteroatoms. The third-order valence-corrected chi connectivity index (χ3v) is 6.65. The van der Waals surface area contributed by atoms with Crippen molar-refractivity contribution >= 4 is 39.8 Å². The first-order valence-corrected chi connectivity index (χ1v) is 11.4. The lowest BCUT2D eigenvalue weighted by Gasteiger charge is -2.24. The van der Waals surface area contributed by atoms with E-state index >= 15 is 0 Å². The van der Waals surface area contributed by atoms with Crippen LogP contribution in [0.5, 0.6) is 0 Å². The second-order valence-corrected chi connectivity index (χ2v) is 9.45. The van der Waals surface area contributed by atoms with Crippen LogP contribution in [0.15, 0.2) is 28.6 Å². The van der Waals surface area contributed by atoms with E-state index in [1.54, 1.807) is 4.90 Å². The summed E-state index contributed by atoms with van der Waals surface area (Å²) in [6.07, 6.45) is 2.69. The Kier molecular flexibility index (Phi) is 7.86. The maximum absolute atomic E-state index is 13.1. The molecule has 1 saturated heterocycles. The zero-order valence-electron chi connectivity index (χ0n) is 16.6. The van der Waals surface area contributed by atoms with E-state index in [0.717, 1.165) is 46.7 Å². The van der Waals surface area contributed by atoms with Crippen molar-refractivity contribution < 1.29 is 9.53 Å². The van der Waals surface area contributed by atoms with Gasteiger partial charge in [0.1, 0.15) is 0 Å². The van der Waals surface area contributed by atoms with Gasteiger partial charge in [-0.1, -0.05) is 40.8 Å². The SMILES string of the molecule is Cc1ccc(N(CCC#N)C(=O)C(C)Sc2nnc(NCC3CCCO3)s2)cc1. The largest absolute Gasteiger partial charge is 0.376 e. The predicted molar refractivity (Wildman–Crippen MR) is 116 cm³/mol. The van der Waals surface area contributed by atoms with E-state index in [0.29, 0.717) is 6.54 Å². The molecular formula is C20H25N5O2S2. The van der Waals surface area contributed by atoms with Crippen LogP contribution in [0, 0.1) is 18.3 Å². The van der Waals surface area contributed by atoms with E-state index in [1.165, 1.54) is 23.1 Å². The summed E-state index contributed by atoms with van der Waals surface area (Å²) in [6, 6.07) is 9.89. The fourth-order valence-corrected chi connectivity index (χ4v) is 4.97. The fourth-order valence-electron chi connectivity index (χ4n) is 3.01. The lowest BCUT2D eigenvalue weighted by atomic mass is 10.2. The molecule has 1 fully saturated rings. The van der Waals surface area contributed by atoms with Crippen LogP contribution in [0.2, 0.25) is 0 Å². The van der Waals surface area contributed by atoms with E-state index in [-0.39, 0.29) is 23.7 Å². The highest BCUT2D eigenvalue weighted by atomic mass is 32.2. The molecule has 2 unspecified atom stereocenters. The summed E-state index contributed by atoms with van der Waals surface area (Å²) >= 11 is 2.83. The van der Waals surface area contributed by atoms with Crippen LogP contribution < -0.4 is 10.2 Å². The van der Waals surface area contributed by atoms with Crippen LogP contribution in [0.3, 0.4) is 0 Å². The summed E-state index contributed by atoms with van der Waals surface area (Å²) in [5.74, 6) is -0.0434. The number of hydrogen-bond donors (Lipinski definition) is 1. The Morgan fingerprint density at radius 2 is 2.24 bits per heavy atom. The van der Waals surface area contributed by atoms with Crippen molar-refractivity contribution in [3.05, 3.63) is 29.8 Å².